The summed E-state index contributed by atoms with van der Waals surface area (Å²) in [6, 6.07) is -7.26. The number of aromatic nitrogens is 5. The number of rotatable bonds is 64. The van der Waals surface area contributed by atoms with E-state index >= 15 is 0 Å². The minimum atomic E-state index is -2.03. The van der Waals surface area contributed by atoms with Gasteiger partial charge < -0.3 is 130 Å². The van der Waals surface area contributed by atoms with Gasteiger partial charge in [0.1, 0.15) is 78.3 Å². The van der Waals surface area contributed by atoms with Crippen molar-refractivity contribution >= 4 is 161 Å². The number of carboxylic acids is 7. The first-order valence-corrected chi connectivity index (χ1v) is 46.4. The van der Waals surface area contributed by atoms with Crippen molar-refractivity contribution in [3.63, 3.8) is 0 Å². The van der Waals surface area contributed by atoms with Gasteiger partial charge in [-0.2, -0.15) is 25.3 Å². The Hall–Kier alpha value is -14.3. The molecule has 6 rings (SSSR count). The number of aromatic hydroxyl groups is 1. The summed E-state index contributed by atoms with van der Waals surface area (Å²) in [4.78, 5) is 305. The van der Waals surface area contributed by atoms with Crippen LogP contribution in [0.25, 0.3) is 10.9 Å². The molecule has 772 valence electrons. The lowest BCUT2D eigenvalue weighted by Crippen LogP contribution is -2.61. The van der Waals surface area contributed by atoms with E-state index in [1.54, 1.807) is 65.8 Å². The molecule has 24 N–H and O–H groups in total. The Labute approximate surface area is 818 Å². The van der Waals surface area contributed by atoms with E-state index in [9.17, 15) is 142 Å². The molecule has 0 aliphatic carbocycles. The maximum atomic E-state index is 14.9. The minimum absolute atomic E-state index is 0.0691. The van der Waals surface area contributed by atoms with Gasteiger partial charge in [-0.3, -0.25) is 111 Å². The number of thiol groups is 2. The second-order valence-corrected chi connectivity index (χ2v) is 35.3. The number of nitrogens with zero attached hydrogens (tertiary/aromatic N) is 6. The summed E-state index contributed by atoms with van der Waals surface area (Å²) in [6.07, 6.45) is 2.97. The van der Waals surface area contributed by atoms with Crippen LogP contribution in [0, 0.1) is 17.8 Å². The van der Waals surface area contributed by atoms with Crippen LogP contribution in [-0.2, 0) is 126 Å². The lowest BCUT2D eigenvalue weighted by Gasteiger charge is -2.31. The van der Waals surface area contributed by atoms with Crippen molar-refractivity contribution in [1.29, 1.82) is 0 Å². The molecule has 13 atom stereocenters. The number of para-hydroxylation sites is 1. The Morgan fingerprint density at radius 1 is 0.447 bits per heavy atom. The van der Waals surface area contributed by atoms with Gasteiger partial charge in [-0.1, -0.05) is 78.3 Å². The molecule has 0 spiro atoms. The summed E-state index contributed by atoms with van der Waals surface area (Å²) in [5.41, 5.74) is 1.84. The van der Waals surface area contributed by atoms with Gasteiger partial charge in [-0.15, -0.1) is 0 Å². The van der Waals surface area contributed by atoms with Crippen molar-refractivity contribution in [3.8, 4) is 5.75 Å². The normalized spacial score (nSPS) is 15.0. The first-order valence-electron chi connectivity index (χ1n) is 45.1. The number of phenolic OH excluding ortho intramolecular Hbond substituents is 1. The first kappa shape index (κ1) is 115. The molecular formula is C88H124N22O29S2. The molecule has 2 aromatic carbocycles. The maximum Gasteiger partial charge on any atom is 0.326 e. The van der Waals surface area contributed by atoms with Crippen LogP contribution >= 0.6 is 25.3 Å². The predicted molar refractivity (Wildman–Crippen MR) is 503 cm³/mol. The second kappa shape index (κ2) is 57.9. The zero-order valence-electron chi connectivity index (χ0n) is 78.3. The predicted octanol–water partition coefficient (Wildman–Crippen LogP) is -5.19. The Balaban J connectivity index is 1.16. The molecule has 1 fully saturated rings. The number of carboxylic acid groups (broad SMARTS) is 7. The fourth-order valence-electron chi connectivity index (χ4n) is 15.0. The summed E-state index contributed by atoms with van der Waals surface area (Å²) in [5, 5.41) is 111. The van der Waals surface area contributed by atoms with Crippen molar-refractivity contribution in [2.45, 2.75) is 191 Å². The molecule has 53 heteroatoms. The largest absolute Gasteiger partial charge is 0.508 e. The highest BCUT2D eigenvalue weighted by Gasteiger charge is 2.43. The molecule has 141 heavy (non-hydrogen) atoms. The van der Waals surface area contributed by atoms with Crippen molar-refractivity contribution in [2.75, 3.05) is 90.0 Å². The van der Waals surface area contributed by atoms with Gasteiger partial charge in [-0.05, 0) is 79.2 Å². The highest BCUT2D eigenvalue weighted by Crippen LogP contribution is 2.24. The number of amides is 14. The number of carbonyl (C=O) groups excluding carboxylic acids is 14. The average molecular weight is 2020 g/mol. The Bertz CT molecular complexity index is 5150. The van der Waals surface area contributed by atoms with Crippen LogP contribution < -0.4 is 69.1 Å². The molecule has 1 saturated heterocycles. The van der Waals surface area contributed by atoms with Crippen molar-refractivity contribution < 1.29 is 142 Å². The number of nitrogens with one attached hydrogen (secondary N) is 16. The Morgan fingerprint density at radius 2 is 0.894 bits per heavy atom. The van der Waals surface area contributed by atoms with Gasteiger partial charge in [0.25, 0.3) is 0 Å². The fourth-order valence-corrected chi connectivity index (χ4v) is 15.5. The highest BCUT2D eigenvalue weighted by atomic mass is 32.1. The highest BCUT2D eigenvalue weighted by molar-refractivity contribution is 7.80. The smallest absolute Gasteiger partial charge is 0.326 e. The van der Waals surface area contributed by atoms with E-state index in [-0.39, 0.29) is 94.2 Å². The molecule has 14 amide bonds. The van der Waals surface area contributed by atoms with E-state index in [0.29, 0.717) is 28.6 Å². The molecular weight excluding hydrogens is 1890 g/mol. The number of aromatic amines is 3. The average Bonchev–Trinajstić information content (AvgIpc) is 1.68. The number of likely N-dealkylation sites (tertiary alicyclic amines) is 1. The number of imidazole rings is 2. The summed E-state index contributed by atoms with van der Waals surface area (Å²) in [6.45, 7) is 4.02. The molecule has 1 aliphatic rings. The molecule has 5 aromatic rings. The van der Waals surface area contributed by atoms with Crippen LogP contribution in [0.2, 0.25) is 0 Å². The molecule has 0 unspecified atom stereocenters. The zero-order chi connectivity index (χ0) is 104. The molecule has 4 heterocycles. The topological polar surface area (TPSA) is 763 Å². The number of hydrogen-bond acceptors (Lipinski definition) is 29. The van der Waals surface area contributed by atoms with Crippen LogP contribution in [-0.4, -0.2) is 372 Å². The van der Waals surface area contributed by atoms with Gasteiger partial charge >= 0.3 is 41.8 Å². The number of fused-ring (bicyclic) bond motifs is 1. The quantitative estimate of drug-likeness (QED) is 0.0162. The first-order chi connectivity index (χ1) is 66.7. The summed E-state index contributed by atoms with van der Waals surface area (Å²) in [7, 11) is 0. The summed E-state index contributed by atoms with van der Waals surface area (Å²) >= 11 is 8.69. The number of benzene rings is 2. The van der Waals surface area contributed by atoms with E-state index in [0.717, 1.165) is 14.7 Å². The Kier molecular flexibility index (Phi) is 47.4. The minimum Gasteiger partial charge on any atom is -0.508 e. The fraction of sp³-hybridized carbons (Fsp3) is 0.534. The molecule has 0 bridgehead atoms. The second-order valence-electron chi connectivity index (χ2n) is 34.5. The van der Waals surface area contributed by atoms with Gasteiger partial charge in [0.05, 0.1) is 64.9 Å². The summed E-state index contributed by atoms with van der Waals surface area (Å²) in [5.74, 6) is -26.5. The molecule has 0 saturated carbocycles. The van der Waals surface area contributed by atoms with E-state index < -0.39 is 298 Å². The lowest BCUT2D eigenvalue weighted by atomic mass is 9.96. The molecule has 51 nitrogen and oxygen atoms in total. The molecule has 3 aromatic heterocycles. The standard InChI is InChI=1S/C88H124N22O29S2/c1-7-48(6)76(86(136)103-63(88(138)139)26-47(4)5)106-83(133)61(30-52-34-90-45-95-52)100-84(134)64(42-140)104-78(128)57(25-46(2)3)98-82(132)62(31-71(117)118)101-79(129)58(27-49-14-16-53(111)17-15-49)102-85(135)66-13-10-20-110(66)87(137)65(43-141)105-81(131)60(29-51-33-89-44-94-51)99-77(127)56(18-19-70(115)116)97-80(130)59(28-50-32-91-55-12-9-8-11-54(50)55)96-68(113)36-92-67(112)35-93-69(114)37-108(39-73(121)122)23-21-107(38-72(119)120)22-24-109(40-74(123)124)41-75(125)126/h8-9,11-12,14-17,32-34,44-48,56-66,76,91,111,140-141H,7,10,13,18-31,35-43H2,1-6H3,(H,89,94)(H,90,95)(H,92,112)(H,93,114)(H,96,113)(H,97,130)(H,98,132)(H,99,127)(H,100,134)(H,101,129)(H,102,135)(H,103,136)(H,104,128)(H,105,131)(H,106,133)(H,115,116)(H,117,118)(H,119,120)(H,121,122)(H,123,124)(H,125,126)(H,138,139)/t48-,56-,57-,58-,59-,60-,61-,62-,63-,64-,65-,66-,76-/m0/s1. The van der Waals surface area contributed by atoms with Crippen LogP contribution in [0.1, 0.15) is 115 Å². The van der Waals surface area contributed by atoms with Crippen LogP contribution in [0.15, 0.2) is 79.8 Å². The van der Waals surface area contributed by atoms with Crippen LogP contribution in [0.4, 0.5) is 0 Å². The van der Waals surface area contributed by atoms with E-state index in [4.69, 9.17) is 0 Å². The maximum absolute atomic E-state index is 14.9. The van der Waals surface area contributed by atoms with Gasteiger partial charge in [0.15, 0.2) is 0 Å². The van der Waals surface area contributed by atoms with Crippen LogP contribution in [0.3, 0.4) is 0 Å². The van der Waals surface area contributed by atoms with Crippen molar-refractivity contribution in [3.05, 3.63) is 102 Å². The van der Waals surface area contributed by atoms with Gasteiger partial charge in [0.2, 0.25) is 82.7 Å². The number of H-pyrrole nitrogens is 3. The van der Waals surface area contributed by atoms with Gasteiger partial charge in [0, 0.05) is 117 Å². The molecule has 1 aliphatic heterocycles. The monoisotopic (exact) mass is 2020 g/mol. The van der Waals surface area contributed by atoms with Crippen molar-refractivity contribution in [2.24, 2.45) is 17.8 Å². The third kappa shape index (κ3) is 40.2. The van der Waals surface area contributed by atoms with E-state index in [1.807, 2.05) is 0 Å². The number of aliphatic carboxylic acids is 7. The lowest BCUT2D eigenvalue weighted by molar-refractivity contribution is -0.143. The third-order valence-corrected chi connectivity index (χ3v) is 23.1. The number of phenols is 1. The SMILES string of the molecule is CC[C@H](C)[C@H](NC(=O)[C@H](Cc1cnc[nH]1)NC(=O)[C@H](CS)NC(=O)[C@H](CC(C)C)NC(=O)[C@H](CC(=O)O)NC(=O)[C@H](Cc1ccc(O)cc1)NC(=O)[C@@H]1CCCN1C(=O)[C@H](CS)NC(=O)[C@H](Cc1cnc[nH]1)NC(=O)[C@H](CCC(=O)O)NC(=O)[C@H](Cc1c[nH]c2ccccc12)NC(=O)CNC(=O)CNC(=O)CN(CCN(CCN(CC(=O)O)CC(=O)O)CC(=O)O)CC(=O)O)C(=O)N[C@@H](CC(C)C)C(=O)O. The van der Waals surface area contributed by atoms with E-state index in [1.165, 1.54) is 60.4 Å². The van der Waals surface area contributed by atoms with Gasteiger partial charge in [-0.25, -0.2) is 14.8 Å². The Morgan fingerprint density at radius 3 is 1.42 bits per heavy atom. The number of hydrogen-bond donors (Lipinski definition) is 26. The molecule has 0 radical (unpaired) electrons. The summed E-state index contributed by atoms with van der Waals surface area (Å²) < 4.78 is 0. The van der Waals surface area contributed by atoms with E-state index in [2.05, 4.69) is 119 Å². The zero-order valence-corrected chi connectivity index (χ0v) is 80.1. The third-order valence-electron chi connectivity index (χ3n) is 22.3. The number of carbonyl (C=O) groups is 21. The van der Waals surface area contributed by atoms with Crippen molar-refractivity contribution in [1.82, 2.24) is 114 Å². The van der Waals surface area contributed by atoms with Crippen LogP contribution in [0.5, 0.6) is 5.75 Å².